The Morgan fingerprint density at radius 2 is 1.90 bits per heavy atom. The minimum Gasteiger partial charge on any atom is -0.374 e. The molecule has 0 bridgehead atoms. The van der Waals surface area contributed by atoms with Crippen LogP contribution in [-0.4, -0.2) is 28.0 Å². The Kier molecular flexibility index (Phi) is 6.69. The number of hydrogen-bond donors (Lipinski definition) is 1. The number of nitrogens with zero attached hydrogens (tertiary/aromatic N) is 2. The largest absolute Gasteiger partial charge is 0.374 e. The minimum absolute atomic E-state index is 0.0335. The number of halogens is 1. The van der Waals surface area contributed by atoms with Crippen molar-refractivity contribution < 1.29 is 4.74 Å². The van der Waals surface area contributed by atoms with E-state index in [1.54, 1.807) is 0 Å². The van der Waals surface area contributed by atoms with Gasteiger partial charge >= 0.3 is 0 Å². The van der Waals surface area contributed by atoms with Crippen molar-refractivity contribution in [2.75, 3.05) is 6.61 Å². The number of hydrogen-bond acceptors (Lipinski definition) is 3. The molecule has 0 aliphatic rings. The Hall–Kier alpha value is -0.390. The van der Waals surface area contributed by atoms with E-state index in [1.165, 1.54) is 0 Å². The molecule has 1 aromatic rings. The molecule has 1 aromatic heterocycles. The monoisotopic (exact) mass is 345 g/mol. The van der Waals surface area contributed by atoms with Gasteiger partial charge in [-0.15, -0.1) is 0 Å². The molecule has 4 nitrogen and oxygen atoms in total. The summed E-state index contributed by atoms with van der Waals surface area (Å²) in [7, 11) is 1.98. The van der Waals surface area contributed by atoms with Crippen LogP contribution in [0.2, 0.25) is 0 Å². The molecule has 0 radical (unpaired) electrons. The molecule has 5 heteroatoms. The van der Waals surface area contributed by atoms with Gasteiger partial charge in [0, 0.05) is 26.1 Å². The maximum absolute atomic E-state index is 6.49. The van der Waals surface area contributed by atoms with Crippen LogP contribution in [0.15, 0.2) is 4.47 Å². The van der Waals surface area contributed by atoms with E-state index in [1.807, 2.05) is 18.7 Å². The van der Waals surface area contributed by atoms with Crippen LogP contribution in [0.5, 0.6) is 0 Å². The molecule has 0 fully saturated rings. The second kappa shape index (κ2) is 7.57. The molecule has 0 saturated heterocycles. The highest BCUT2D eigenvalue weighted by atomic mass is 79.9. The van der Waals surface area contributed by atoms with Gasteiger partial charge in [-0.2, -0.15) is 5.10 Å². The third-order valence-corrected chi connectivity index (χ3v) is 5.14. The van der Waals surface area contributed by atoms with Crippen LogP contribution < -0.4 is 5.73 Å². The van der Waals surface area contributed by atoms with E-state index in [4.69, 9.17) is 10.5 Å². The van der Waals surface area contributed by atoms with E-state index >= 15 is 0 Å². The fourth-order valence-electron chi connectivity index (χ4n) is 2.81. The van der Waals surface area contributed by atoms with E-state index in [0.29, 0.717) is 6.61 Å². The van der Waals surface area contributed by atoms with Crippen molar-refractivity contribution in [2.45, 2.75) is 65.0 Å². The molecule has 0 saturated carbocycles. The molecule has 1 atom stereocenters. The van der Waals surface area contributed by atoms with Gasteiger partial charge in [-0.3, -0.25) is 4.68 Å². The average molecular weight is 346 g/mol. The van der Waals surface area contributed by atoms with Crippen molar-refractivity contribution in [3.05, 3.63) is 15.9 Å². The Labute approximate surface area is 131 Å². The lowest BCUT2D eigenvalue weighted by atomic mass is 9.86. The first-order chi connectivity index (χ1) is 9.45. The first kappa shape index (κ1) is 17.7. The Morgan fingerprint density at radius 3 is 2.30 bits per heavy atom. The van der Waals surface area contributed by atoms with E-state index in [-0.39, 0.29) is 11.6 Å². The molecule has 1 heterocycles. The summed E-state index contributed by atoms with van der Waals surface area (Å²) in [6.45, 7) is 9.13. The fraction of sp³-hybridized carbons (Fsp3) is 0.800. The van der Waals surface area contributed by atoms with Gasteiger partial charge in [0.15, 0.2) is 0 Å². The van der Waals surface area contributed by atoms with E-state index in [2.05, 4.69) is 41.8 Å². The molecule has 1 unspecified atom stereocenters. The number of ether oxygens (including phenoxy) is 1. The van der Waals surface area contributed by atoms with Gasteiger partial charge in [-0.05, 0) is 42.1 Å². The molecular formula is C15H28BrN3O. The molecule has 0 aliphatic carbocycles. The summed E-state index contributed by atoms with van der Waals surface area (Å²) in [6, 6.07) is -0.0335. The minimum atomic E-state index is -0.245. The van der Waals surface area contributed by atoms with Crippen molar-refractivity contribution in [2.24, 2.45) is 12.8 Å². The van der Waals surface area contributed by atoms with Gasteiger partial charge in [0.05, 0.1) is 21.5 Å². The van der Waals surface area contributed by atoms with Gasteiger partial charge in [0.2, 0.25) is 0 Å². The molecule has 1 rings (SSSR count). The Morgan fingerprint density at radius 1 is 1.30 bits per heavy atom. The van der Waals surface area contributed by atoms with E-state index in [0.717, 1.165) is 41.5 Å². The normalized spacial score (nSPS) is 13.8. The SMILES string of the molecule is CCOC(CC)(CC)C(N)Cc1c(Br)c(CC)nn1C. The molecule has 0 spiro atoms. The predicted molar refractivity (Wildman–Crippen MR) is 86.9 cm³/mol. The van der Waals surface area contributed by atoms with Crippen molar-refractivity contribution in [1.82, 2.24) is 9.78 Å². The molecule has 20 heavy (non-hydrogen) atoms. The first-order valence-corrected chi connectivity index (χ1v) is 8.34. The van der Waals surface area contributed by atoms with Gasteiger partial charge in [0.25, 0.3) is 0 Å². The average Bonchev–Trinajstić information content (AvgIpc) is 2.72. The zero-order valence-electron chi connectivity index (χ0n) is 13.4. The summed E-state index contributed by atoms with van der Waals surface area (Å²) >= 11 is 3.66. The summed E-state index contributed by atoms with van der Waals surface area (Å²) in [4.78, 5) is 0. The van der Waals surface area contributed by atoms with Crippen molar-refractivity contribution >= 4 is 15.9 Å². The number of aromatic nitrogens is 2. The second-order valence-electron chi connectivity index (χ2n) is 5.20. The van der Waals surface area contributed by atoms with Gasteiger partial charge in [-0.1, -0.05) is 20.8 Å². The van der Waals surface area contributed by atoms with Gasteiger partial charge in [-0.25, -0.2) is 0 Å². The highest BCUT2D eigenvalue weighted by molar-refractivity contribution is 9.10. The fourth-order valence-corrected chi connectivity index (χ4v) is 3.59. The molecule has 0 aliphatic heterocycles. The topological polar surface area (TPSA) is 53.1 Å². The third kappa shape index (κ3) is 3.43. The number of nitrogens with two attached hydrogens (primary N) is 1. The molecule has 0 aromatic carbocycles. The summed E-state index contributed by atoms with van der Waals surface area (Å²) in [6.07, 6.45) is 3.54. The van der Waals surface area contributed by atoms with Crippen molar-refractivity contribution in [1.29, 1.82) is 0 Å². The van der Waals surface area contributed by atoms with Crippen LogP contribution in [0.3, 0.4) is 0 Å². The highest BCUT2D eigenvalue weighted by Crippen LogP contribution is 2.29. The van der Waals surface area contributed by atoms with Crippen molar-refractivity contribution in [3.63, 3.8) is 0 Å². The van der Waals surface area contributed by atoms with Crippen LogP contribution >= 0.6 is 15.9 Å². The highest BCUT2D eigenvalue weighted by Gasteiger charge is 2.35. The van der Waals surface area contributed by atoms with Crippen LogP contribution in [0.1, 0.15) is 51.9 Å². The zero-order chi connectivity index (χ0) is 15.3. The lowest BCUT2D eigenvalue weighted by Crippen LogP contribution is -2.51. The summed E-state index contributed by atoms with van der Waals surface area (Å²) in [5.41, 5.74) is 8.49. The van der Waals surface area contributed by atoms with Gasteiger partial charge in [0.1, 0.15) is 0 Å². The van der Waals surface area contributed by atoms with E-state index < -0.39 is 0 Å². The van der Waals surface area contributed by atoms with Crippen LogP contribution in [-0.2, 0) is 24.6 Å². The quantitative estimate of drug-likeness (QED) is 0.786. The number of rotatable bonds is 8. The molecule has 116 valence electrons. The molecular weight excluding hydrogens is 318 g/mol. The Balaban J connectivity index is 2.99. The van der Waals surface area contributed by atoms with Crippen LogP contribution in [0.4, 0.5) is 0 Å². The molecule has 0 amide bonds. The lowest BCUT2D eigenvalue weighted by molar-refractivity contribution is -0.0636. The predicted octanol–water partition coefficient (Wildman–Crippen LogP) is 3.21. The standard InChI is InChI=1S/C15H28BrN3O/c1-6-11-14(16)12(19(5)18-11)10-13(17)15(7-2,8-3)20-9-4/h13H,6-10,17H2,1-5H3. The first-order valence-electron chi connectivity index (χ1n) is 7.55. The third-order valence-electron chi connectivity index (χ3n) is 4.22. The molecule has 2 N–H and O–H groups in total. The van der Waals surface area contributed by atoms with E-state index in [9.17, 15) is 0 Å². The maximum atomic E-state index is 6.49. The summed E-state index contributed by atoms with van der Waals surface area (Å²) in [5.74, 6) is 0. The zero-order valence-corrected chi connectivity index (χ0v) is 15.0. The summed E-state index contributed by atoms with van der Waals surface area (Å²) in [5, 5.41) is 4.53. The van der Waals surface area contributed by atoms with Crippen LogP contribution in [0.25, 0.3) is 0 Å². The van der Waals surface area contributed by atoms with Crippen molar-refractivity contribution in [3.8, 4) is 0 Å². The maximum Gasteiger partial charge on any atom is 0.0831 e. The van der Waals surface area contributed by atoms with Crippen LogP contribution in [0, 0.1) is 0 Å². The number of aryl methyl sites for hydroxylation is 2. The second-order valence-corrected chi connectivity index (χ2v) is 5.99. The van der Waals surface area contributed by atoms with Gasteiger partial charge < -0.3 is 10.5 Å². The lowest BCUT2D eigenvalue weighted by Gasteiger charge is -2.37. The Bertz CT molecular complexity index is 427. The smallest absolute Gasteiger partial charge is 0.0831 e. The summed E-state index contributed by atoms with van der Waals surface area (Å²) < 4.78 is 9.03.